The molecule has 0 unspecified atom stereocenters. The zero-order valence-corrected chi connectivity index (χ0v) is 30.0. The first-order chi connectivity index (χ1) is 24.5. The number of piperidine rings is 2. The van der Waals surface area contributed by atoms with Gasteiger partial charge in [-0.05, 0) is 89.5 Å². The highest BCUT2D eigenvalue weighted by molar-refractivity contribution is 6.08. The van der Waals surface area contributed by atoms with E-state index in [4.69, 9.17) is 9.47 Å². The van der Waals surface area contributed by atoms with Crippen LogP contribution < -0.4 is 10.2 Å². The topological polar surface area (TPSA) is 122 Å². The average Bonchev–Trinajstić information content (AvgIpc) is 3.74. The number of aromatic nitrogens is 5. The standard InChI is InChI=1S/C36H51F2N9O4/c1-35(2,3)51-34(49)45-16-11-36(12-17-45)9-4-25(5-10-36)23-43-13-6-26(7-14-43)47-24-28(30(42-47)31(37)38)40-33(48)27-22-39-46-15-8-29(41-32(27)46)44-18-20-50-21-19-44/h8,15,22,24-26,31H,4-7,9-14,16-21,23H2,1-3H3,(H,40,48). The monoisotopic (exact) mass is 711 g/mol. The van der Waals surface area contributed by atoms with E-state index >= 15 is 0 Å². The number of hydrogen-bond acceptors (Lipinski definition) is 9. The summed E-state index contributed by atoms with van der Waals surface area (Å²) in [5, 5.41) is 11.2. The van der Waals surface area contributed by atoms with E-state index in [1.165, 1.54) is 36.4 Å². The Hall–Kier alpha value is -3.85. The maximum Gasteiger partial charge on any atom is 0.410 e. The zero-order valence-electron chi connectivity index (χ0n) is 30.0. The molecule has 4 aliphatic rings. The van der Waals surface area contributed by atoms with Crippen LogP contribution in [0.2, 0.25) is 0 Å². The van der Waals surface area contributed by atoms with Crippen molar-refractivity contribution < 1.29 is 27.8 Å². The van der Waals surface area contributed by atoms with Crippen LogP contribution in [-0.2, 0) is 9.47 Å². The molecule has 1 aliphatic carbocycles. The minimum atomic E-state index is -2.84. The summed E-state index contributed by atoms with van der Waals surface area (Å²) in [5.41, 5.74) is -0.00763. The normalized spacial score (nSPS) is 21.1. The lowest BCUT2D eigenvalue weighted by atomic mass is 9.65. The molecule has 3 saturated heterocycles. The van der Waals surface area contributed by atoms with Crippen molar-refractivity contribution in [1.82, 2.24) is 34.2 Å². The summed E-state index contributed by atoms with van der Waals surface area (Å²) in [6, 6.07) is 1.81. The fraction of sp³-hybridized carbons (Fsp3) is 0.694. The summed E-state index contributed by atoms with van der Waals surface area (Å²) < 4.78 is 42.5. The molecule has 0 bridgehead atoms. The molecule has 1 N–H and O–H groups in total. The van der Waals surface area contributed by atoms with Gasteiger partial charge in [-0.15, -0.1) is 0 Å². The Kier molecular flexibility index (Phi) is 10.2. The van der Waals surface area contributed by atoms with Crippen molar-refractivity contribution in [3.63, 3.8) is 0 Å². The Labute approximate surface area is 297 Å². The van der Waals surface area contributed by atoms with E-state index in [1.807, 2.05) is 31.7 Å². The van der Waals surface area contributed by atoms with Crippen LogP contribution in [-0.4, -0.2) is 111 Å². The van der Waals surface area contributed by atoms with Crippen molar-refractivity contribution in [3.8, 4) is 0 Å². The molecule has 15 heteroatoms. The lowest BCUT2D eigenvalue weighted by molar-refractivity contribution is -0.000377. The van der Waals surface area contributed by atoms with Crippen LogP contribution in [0.25, 0.3) is 5.65 Å². The van der Waals surface area contributed by atoms with Gasteiger partial charge >= 0.3 is 6.09 Å². The molecule has 4 fully saturated rings. The molecule has 2 amide bonds. The Balaban J connectivity index is 0.909. The fourth-order valence-corrected chi connectivity index (χ4v) is 8.22. The second-order valence-electron chi connectivity index (χ2n) is 15.8. The summed E-state index contributed by atoms with van der Waals surface area (Å²) >= 11 is 0. The summed E-state index contributed by atoms with van der Waals surface area (Å²) in [4.78, 5) is 37.1. The molecule has 1 spiro atoms. The lowest BCUT2D eigenvalue weighted by Gasteiger charge is -2.46. The van der Waals surface area contributed by atoms with Crippen molar-refractivity contribution in [2.75, 3.05) is 69.2 Å². The van der Waals surface area contributed by atoms with Crippen LogP contribution in [0.3, 0.4) is 0 Å². The number of anilines is 2. The second kappa shape index (κ2) is 14.6. The SMILES string of the molecule is CC(C)(C)OC(=O)N1CCC2(CCC(CN3CCC(n4cc(NC(=O)c5cnn6ccc(N7CCOCC7)nc56)c(C(F)F)n4)CC3)CC2)CC1. The number of halogens is 2. The van der Waals surface area contributed by atoms with Gasteiger partial charge in [0.2, 0.25) is 0 Å². The third kappa shape index (κ3) is 8.14. The van der Waals surface area contributed by atoms with E-state index in [1.54, 1.807) is 17.1 Å². The smallest absolute Gasteiger partial charge is 0.410 e. The van der Waals surface area contributed by atoms with Crippen LogP contribution in [0.15, 0.2) is 24.7 Å². The molecule has 0 aromatic carbocycles. The van der Waals surface area contributed by atoms with E-state index in [0.717, 1.165) is 58.4 Å². The maximum absolute atomic E-state index is 14.2. The predicted molar refractivity (Wildman–Crippen MR) is 187 cm³/mol. The quantitative estimate of drug-likeness (QED) is 0.324. The van der Waals surface area contributed by atoms with Gasteiger partial charge < -0.3 is 29.5 Å². The second-order valence-corrected chi connectivity index (χ2v) is 15.8. The summed E-state index contributed by atoms with van der Waals surface area (Å²) in [5.74, 6) is 0.792. The molecule has 7 rings (SSSR count). The van der Waals surface area contributed by atoms with Crippen LogP contribution in [0.1, 0.15) is 101 Å². The molecule has 278 valence electrons. The first-order valence-corrected chi connectivity index (χ1v) is 18.5. The number of nitrogens with zero attached hydrogens (tertiary/aromatic N) is 8. The molecule has 3 aliphatic heterocycles. The third-order valence-electron chi connectivity index (χ3n) is 11.2. The number of ether oxygens (including phenoxy) is 2. The van der Waals surface area contributed by atoms with Crippen LogP contribution >= 0.6 is 0 Å². The lowest BCUT2D eigenvalue weighted by Crippen LogP contribution is -2.47. The number of carbonyl (C=O) groups excluding carboxylic acids is 2. The molecular weight excluding hydrogens is 660 g/mol. The van der Waals surface area contributed by atoms with Gasteiger partial charge in [-0.2, -0.15) is 10.2 Å². The summed E-state index contributed by atoms with van der Waals surface area (Å²) in [6.45, 7) is 12.6. The maximum atomic E-state index is 14.2. The largest absolute Gasteiger partial charge is 0.444 e. The molecule has 0 radical (unpaired) electrons. The van der Waals surface area contributed by atoms with Crippen molar-refractivity contribution in [2.45, 2.75) is 90.2 Å². The fourth-order valence-electron chi connectivity index (χ4n) is 8.22. The number of nitrogens with one attached hydrogen (secondary N) is 1. The van der Waals surface area contributed by atoms with Crippen molar-refractivity contribution in [3.05, 3.63) is 35.9 Å². The number of hydrogen-bond donors (Lipinski definition) is 1. The van der Waals surface area contributed by atoms with Crippen LogP contribution in [0, 0.1) is 11.3 Å². The average molecular weight is 712 g/mol. The number of fused-ring (bicyclic) bond motifs is 1. The van der Waals surface area contributed by atoms with E-state index in [-0.39, 0.29) is 23.4 Å². The Morgan fingerprint density at radius 2 is 1.73 bits per heavy atom. The minimum Gasteiger partial charge on any atom is -0.444 e. The van der Waals surface area contributed by atoms with E-state index in [9.17, 15) is 18.4 Å². The summed E-state index contributed by atoms with van der Waals surface area (Å²) in [6.07, 6.45) is 10.2. The van der Waals surface area contributed by atoms with Crippen LogP contribution in [0.5, 0.6) is 0 Å². The van der Waals surface area contributed by atoms with E-state index in [0.29, 0.717) is 49.1 Å². The van der Waals surface area contributed by atoms with Gasteiger partial charge in [0.1, 0.15) is 17.0 Å². The first kappa shape index (κ1) is 35.5. The van der Waals surface area contributed by atoms with Crippen molar-refractivity contribution >= 4 is 29.2 Å². The highest BCUT2D eigenvalue weighted by Gasteiger charge is 2.40. The molecule has 1 saturated carbocycles. The molecular formula is C36H51F2N9O4. The van der Waals surface area contributed by atoms with Gasteiger partial charge in [-0.25, -0.2) is 23.1 Å². The molecule has 13 nitrogen and oxygen atoms in total. The highest BCUT2D eigenvalue weighted by Crippen LogP contribution is 2.47. The number of alkyl halides is 2. The molecule has 3 aromatic rings. The van der Waals surface area contributed by atoms with Gasteiger partial charge in [-0.3, -0.25) is 9.48 Å². The highest BCUT2D eigenvalue weighted by atomic mass is 19.3. The predicted octanol–water partition coefficient (Wildman–Crippen LogP) is 5.80. The third-order valence-corrected chi connectivity index (χ3v) is 11.2. The Bertz CT molecular complexity index is 1670. The zero-order chi connectivity index (χ0) is 35.8. The van der Waals surface area contributed by atoms with Crippen LogP contribution in [0.4, 0.5) is 25.1 Å². The van der Waals surface area contributed by atoms with E-state index in [2.05, 4.69) is 30.3 Å². The number of morpholine rings is 1. The minimum absolute atomic E-state index is 0.00850. The van der Waals surface area contributed by atoms with Crippen molar-refractivity contribution in [2.24, 2.45) is 11.3 Å². The van der Waals surface area contributed by atoms with Gasteiger partial charge in [0.15, 0.2) is 11.3 Å². The number of rotatable bonds is 7. The number of likely N-dealkylation sites (tertiary alicyclic amines) is 2. The Morgan fingerprint density at radius 3 is 2.39 bits per heavy atom. The summed E-state index contributed by atoms with van der Waals surface area (Å²) in [7, 11) is 0. The molecule has 51 heavy (non-hydrogen) atoms. The molecule has 0 atom stereocenters. The van der Waals surface area contributed by atoms with Gasteiger partial charge in [0, 0.05) is 58.2 Å². The molecule has 3 aromatic heterocycles. The van der Waals surface area contributed by atoms with Crippen molar-refractivity contribution in [1.29, 1.82) is 0 Å². The Morgan fingerprint density at radius 1 is 1.02 bits per heavy atom. The number of amides is 2. The molecule has 6 heterocycles. The number of carbonyl (C=O) groups is 2. The first-order valence-electron chi connectivity index (χ1n) is 18.5. The van der Waals surface area contributed by atoms with Gasteiger partial charge in [-0.1, -0.05) is 0 Å². The van der Waals surface area contributed by atoms with Gasteiger partial charge in [0.05, 0.1) is 31.1 Å². The van der Waals surface area contributed by atoms with E-state index < -0.39 is 23.6 Å². The van der Waals surface area contributed by atoms with Gasteiger partial charge in [0.25, 0.3) is 12.3 Å².